The van der Waals surface area contributed by atoms with Gasteiger partial charge in [-0.3, -0.25) is 29.0 Å². The second-order valence-corrected chi connectivity index (χ2v) is 38.3. The van der Waals surface area contributed by atoms with Gasteiger partial charge in [-0.15, -0.1) is 0 Å². The predicted octanol–water partition coefficient (Wildman–Crippen LogP) is 17.3. The van der Waals surface area contributed by atoms with Crippen LogP contribution in [0.15, 0.2) is 121 Å². The molecule has 2 unspecified atom stereocenters. The molecule has 0 saturated heterocycles. The monoisotopic (exact) mass is 1540 g/mol. The Hall–Kier alpha value is -9.19. The molecule has 2 aliphatic heterocycles. The molecule has 110 heavy (non-hydrogen) atoms. The second-order valence-electron chi connectivity index (χ2n) is 32.6. The largest absolute Gasteiger partial charge is 0.527 e. The van der Waals surface area contributed by atoms with Crippen LogP contribution in [0.4, 0.5) is 0 Å². The zero-order chi connectivity index (χ0) is 80.1. The van der Waals surface area contributed by atoms with Crippen molar-refractivity contribution in [2.45, 2.75) is 145 Å². The van der Waals surface area contributed by atoms with E-state index in [2.05, 4.69) is 83.1 Å². The Bertz CT molecular complexity index is 4370. The summed E-state index contributed by atoms with van der Waals surface area (Å²) in [6.45, 7) is 31.2. The minimum Gasteiger partial charge on any atom is -0.462 e. The highest BCUT2D eigenvalue weighted by Gasteiger charge is 2.49. The lowest BCUT2D eigenvalue weighted by molar-refractivity contribution is -0.152. The Kier molecular flexibility index (Phi) is 23.7. The van der Waals surface area contributed by atoms with Crippen molar-refractivity contribution in [2.24, 2.45) is 11.8 Å². The molecule has 584 valence electrons. The van der Waals surface area contributed by atoms with E-state index in [1.807, 2.05) is 97.1 Å². The van der Waals surface area contributed by atoms with E-state index in [0.717, 1.165) is 32.1 Å². The topological polar surface area (TPSA) is 238 Å². The lowest BCUT2D eigenvalue weighted by Crippen LogP contribution is -2.53. The summed E-state index contributed by atoms with van der Waals surface area (Å²) in [5, 5.41) is 1.86. The van der Waals surface area contributed by atoms with E-state index < -0.39 is 77.1 Å². The van der Waals surface area contributed by atoms with Gasteiger partial charge in [0, 0.05) is 85.7 Å². The number of carbonyl (C=O) groups excluding carboxylic acids is 6. The summed E-state index contributed by atoms with van der Waals surface area (Å²) in [5.41, 5.74) is 2.71. The van der Waals surface area contributed by atoms with Gasteiger partial charge in [-0.05, 0) is 129 Å². The van der Waals surface area contributed by atoms with Crippen LogP contribution in [0.5, 0.6) is 46.0 Å². The molecule has 0 aromatic heterocycles. The Morgan fingerprint density at radius 2 is 0.545 bits per heavy atom. The maximum Gasteiger partial charge on any atom is 0.527 e. The summed E-state index contributed by atoms with van der Waals surface area (Å²) in [5.74, 6) is -5.03. The Morgan fingerprint density at radius 1 is 0.327 bits per heavy atom. The van der Waals surface area contributed by atoms with E-state index in [0.29, 0.717) is 23.0 Å². The molecular formula is C86H102N2O20Si2. The predicted molar refractivity (Wildman–Crippen MR) is 424 cm³/mol. The fourth-order valence-electron chi connectivity index (χ4n) is 14.1. The average Bonchev–Trinajstić information content (AvgIpc) is 0.670. The minimum absolute atomic E-state index is 0.0349. The molecule has 11 rings (SSSR count). The van der Waals surface area contributed by atoms with Crippen molar-refractivity contribution in [3.8, 4) is 46.0 Å². The fourth-order valence-corrected chi connectivity index (χ4v) is 16.6. The smallest absolute Gasteiger partial charge is 0.462 e. The number of esters is 2. The van der Waals surface area contributed by atoms with E-state index in [-0.39, 0.29) is 149 Å². The van der Waals surface area contributed by atoms with Crippen molar-refractivity contribution in [3.05, 3.63) is 166 Å². The highest BCUT2D eigenvalue weighted by molar-refractivity contribution is 6.60. The van der Waals surface area contributed by atoms with Gasteiger partial charge < -0.3 is 64.5 Å². The summed E-state index contributed by atoms with van der Waals surface area (Å²) in [7, 11) is 2.31. The van der Waals surface area contributed by atoms with Gasteiger partial charge >= 0.3 is 29.5 Å². The van der Waals surface area contributed by atoms with Gasteiger partial charge in [0.25, 0.3) is 23.6 Å². The first kappa shape index (κ1) is 81.8. The molecule has 0 saturated carbocycles. The molecule has 2 aliphatic rings. The van der Waals surface area contributed by atoms with Crippen LogP contribution in [0.25, 0.3) is 43.1 Å². The molecule has 0 aliphatic carbocycles. The first-order chi connectivity index (χ1) is 51.9. The average molecular weight is 1540 g/mol. The van der Waals surface area contributed by atoms with Gasteiger partial charge in [-0.25, -0.2) is 9.59 Å². The maximum atomic E-state index is 16.4. The number of fused-ring (bicyclic) bond motifs is 2. The highest BCUT2D eigenvalue weighted by atomic mass is 28.4. The third-order valence-electron chi connectivity index (χ3n) is 20.4. The molecular weight excluding hydrogens is 1440 g/mol. The van der Waals surface area contributed by atoms with Gasteiger partial charge in [0.2, 0.25) is 0 Å². The second kappa shape index (κ2) is 31.9. The first-order valence-corrected chi connectivity index (χ1v) is 40.8. The summed E-state index contributed by atoms with van der Waals surface area (Å²) in [6, 6.07) is 33.5. The third-order valence-corrected chi connectivity index (χ3v) is 25.3. The minimum atomic E-state index is -3.20. The summed E-state index contributed by atoms with van der Waals surface area (Å²) >= 11 is 0. The zero-order valence-corrected chi connectivity index (χ0v) is 69.2. The molecule has 0 fully saturated rings. The highest BCUT2D eigenvalue weighted by Crippen LogP contribution is 2.58. The number of ether oxygens (including phenoxy) is 8. The lowest BCUT2D eigenvalue weighted by Gasteiger charge is -2.36. The third kappa shape index (κ3) is 16.0. The van der Waals surface area contributed by atoms with Crippen LogP contribution in [0.2, 0.25) is 0 Å². The van der Waals surface area contributed by atoms with Crippen molar-refractivity contribution in [1.29, 1.82) is 0 Å². The number of rotatable bonds is 30. The van der Waals surface area contributed by atoms with E-state index >= 15 is 19.2 Å². The van der Waals surface area contributed by atoms with Crippen molar-refractivity contribution in [1.82, 2.24) is 9.80 Å². The van der Waals surface area contributed by atoms with Crippen molar-refractivity contribution in [2.75, 3.05) is 81.5 Å². The molecule has 4 amide bonds. The van der Waals surface area contributed by atoms with Crippen molar-refractivity contribution in [3.63, 3.8) is 0 Å². The molecule has 22 nitrogen and oxygen atoms in total. The Morgan fingerprint density at radius 3 is 0.736 bits per heavy atom. The molecule has 0 bridgehead atoms. The molecule has 9 aromatic carbocycles. The number of amides is 4. The number of imide groups is 2. The Balaban J connectivity index is 1.26. The van der Waals surface area contributed by atoms with Crippen LogP contribution >= 0.6 is 0 Å². The van der Waals surface area contributed by atoms with E-state index in [1.54, 1.807) is 52.0 Å². The van der Waals surface area contributed by atoms with Gasteiger partial charge in [0.1, 0.15) is 83.8 Å². The fraction of sp³-hybridized carbons (Fsp3) is 0.419. The van der Waals surface area contributed by atoms with Gasteiger partial charge in [-0.2, -0.15) is 0 Å². The van der Waals surface area contributed by atoms with Gasteiger partial charge in [0.05, 0.1) is 35.5 Å². The van der Waals surface area contributed by atoms with Crippen molar-refractivity contribution < 1.29 is 93.2 Å². The van der Waals surface area contributed by atoms with Crippen LogP contribution in [0.3, 0.4) is 0 Å². The standard InChI is InChI=1S/C86H102N2O20Si2/c1-49(2)75(81(93)103-41-39-101-47-109(95-17,96-18)97-19)87-77(89)59-43-63(105-55-31-23-51(24-32-55)83(5,6)7)69-71-65(107-57-35-27-53(28-36-57)85(11,12)13)45-61-68-62(80(92)88(79(61)91)76(50(3)4)82(94)104-42-40-102-48-110(98-20,99-21)100-22)46-66(108-58-37-29-54(30-38-58)86(14,15)16)72(74(68)71)70-64(44-60(78(87)90)67(59)73(69)70)106-56-33-25-52(26-34-56)84(8,9)10/h23-38,43-46,49-50,75-76H,39-42,47-48H2,1-22H3. The van der Waals surface area contributed by atoms with Crippen LogP contribution in [0.1, 0.15) is 174 Å². The van der Waals surface area contributed by atoms with E-state index in [4.69, 9.17) is 64.5 Å². The zero-order valence-electron chi connectivity index (χ0n) is 67.2. The molecule has 0 N–H and O–H groups in total. The van der Waals surface area contributed by atoms with Crippen molar-refractivity contribution >= 4 is 96.3 Å². The summed E-state index contributed by atoms with van der Waals surface area (Å²) in [4.78, 5) is 97.3. The summed E-state index contributed by atoms with van der Waals surface area (Å²) in [6.07, 6.45) is -0.116. The number of hydrogen-bond acceptors (Lipinski definition) is 20. The van der Waals surface area contributed by atoms with Crippen LogP contribution in [-0.2, 0) is 76.8 Å². The SMILES string of the molecule is CO[Si](COCCOC(=O)C(C(C)C)N1C(=O)c2cc(Oc3ccc(C(C)(C)C)cc3)c3c4c(Oc5ccc(C(C)(C)C)cc5)cc5c6c(cc(Oc7ccc(C(C)(C)C)cc7)c(c7c(Oc8ccc(C(C)(C)C)cc8)cc(c2c37)C1=O)c64)C(=O)N(C(C(=O)OCCOC[Si](OC)(OC)OC)C(C)C)C5=O)(OC)OC. The van der Waals surface area contributed by atoms with Crippen LogP contribution < -0.4 is 18.9 Å². The molecule has 9 aromatic rings. The quantitative estimate of drug-likeness (QED) is 0.0102. The molecule has 24 heteroatoms. The number of carbonyl (C=O) groups is 6. The molecule has 2 atom stereocenters. The van der Waals surface area contributed by atoms with Crippen LogP contribution in [-0.4, -0.2) is 157 Å². The molecule has 2 heterocycles. The first-order valence-electron chi connectivity index (χ1n) is 36.9. The number of benzene rings is 9. The number of hydrogen-bond donors (Lipinski definition) is 0. The summed E-state index contributed by atoms with van der Waals surface area (Å²) < 4.78 is 86.0. The maximum absolute atomic E-state index is 16.4. The normalized spacial score (nSPS) is 14.4. The number of nitrogens with zero attached hydrogens (tertiary/aromatic N) is 2. The van der Waals surface area contributed by atoms with Crippen LogP contribution in [0, 0.1) is 11.8 Å². The Labute approximate surface area is 645 Å². The van der Waals surface area contributed by atoms with E-state index in [9.17, 15) is 9.59 Å². The molecule has 0 spiro atoms. The lowest BCUT2D eigenvalue weighted by atomic mass is 9.80. The van der Waals surface area contributed by atoms with Gasteiger partial charge in [0.15, 0.2) is 0 Å². The van der Waals surface area contributed by atoms with Gasteiger partial charge in [-0.1, -0.05) is 159 Å². The van der Waals surface area contributed by atoms with E-state index in [1.165, 1.54) is 42.7 Å². The molecule has 0 radical (unpaired) electrons.